The van der Waals surface area contributed by atoms with Crippen LogP contribution in [0.3, 0.4) is 0 Å². The average Bonchev–Trinajstić information content (AvgIpc) is 3.41. The molecule has 1 saturated heterocycles. The number of benzene rings is 2. The summed E-state index contributed by atoms with van der Waals surface area (Å²) in [7, 11) is 0. The number of rotatable bonds is 2. The van der Waals surface area contributed by atoms with Gasteiger partial charge in [0, 0.05) is 57.4 Å². The van der Waals surface area contributed by atoms with Gasteiger partial charge >= 0.3 is 0 Å². The highest BCUT2D eigenvalue weighted by Gasteiger charge is 2.32. The molecule has 3 aliphatic heterocycles. The van der Waals surface area contributed by atoms with E-state index in [1.165, 1.54) is 23.5 Å². The summed E-state index contributed by atoms with van der Waals surface area (Å²) in [6.45, 7) is 2.51. The number of nitrogens with zero attached hydrogens (tertiary/aromatic N) is 4. The van der Waals surface area contributed by atoms with Gasteiger partial charge in [0.25, 0.3) is 11.8 Å². The van der Waals surface area contributed by atoms with Crippen LogP contribution < -0.4 is 0 Å². The number of aliphatic imine (C=N–C) groups is 2. The molecule has 0 unspecified atom stereocenters. The highest BCUT2D eigenvalue weighted by molar-refractivity contribution is 8.18. The summed E-state index contributed by atoms with van der Waals surface area (Å²) < 4.78 is 0. The van der Waals surface area contributed by atoms with Crippen molar-refractivity contribution < 1.29 is 9.59 Å². The molecule has 2 aromatic rings. The Morgan fingerprint density at radius 2 is 0.972 bits per heavy atom. The fraction of sp³-hybridized carbons (Fsp3) is 0.167. The second kappa shape index (κ2) is 10.8. The van der Waals surface area contributed by atoms with Crippen molar-refractivity contribution in [2.24, 2.45) is 9.98 Å². The number of hydrogen-bond donors (Lipinski definition) is 0. The van der Waals surface area contributed by atoms with Gasteiger partial charge < -0.3 is 9.80 Å². The largest absolute Gasteiger partial charge is 0.347 e. The normalized spacial score (nSPS) is 20.6. The number of amides is 2. The summed E-state index contributed by atoms with van der Waals surface area (Å²) in [5.74, 6) is -0.634. The summed E-state index contributed by atoms with van der Waals surface area (Å²) in [4.78, 5) is 38.5. The molecule has 0 radical (unpaired) electrons. The van der Waals surface area contributed by atoms with Gasteiger partial charge in [0.05, 0.1) is 9.81 Å². The highest BCUT2D eigenvalue weighted by atomic mass is 35.5. The van der Waals surface area contributed by atoms with Gasteiger partial charge in [-0.1, -0.05) is 58.5 Å². The molecule has 6 nitrogen and oxygen atoms in total. The van der Waals surface area contributed by atoms with E-state index < -0.39 is 0 Å². The molecule has 3 heterocycles. The van der Waals surface area contributed by atoms with Gasteiger partial charge in [0.2, 0.25) is 0 Å². The molecule has 184 valence electrons. The Hall–Kier alpha value is -1.94. The predicted molar refractivity (Wildman–Crippen MR) is 152 cm³/mol. The number of hydrogen-bond acceptors (Lipinski definition) is 6. The van der Waals surface area contributed by atoms with Crippen LogP contribution in [0.15, 0.2) is 56.2 Å². The molecule has 1 fully saturated rings. The lowest BCUT2D eigenvalue weighted by atomic mass is 10.2. The Balaban J connectivity index is 1.22. The van der Waals surface area contributed by atoms with Gasteiger partial charge in [-0.3, -0.25) is 9.59 Å². The SMILES string of the molecule is O=C1N=C(N2CCN(C3=NC(=O)/C(=C/c4c(Cl)cccc4Cl)S3)CC2)S/C1=C\c1c(Cl)cccc1Cl. The maximum atomic E-state index is 12.5. The summed E-state index contributed by atoms with van der Waals surface area (Å²) in [5.41, 5.74) is 1.20. The summed E-state index contributed by atoms with van der Waals surface area (Å²) in [6, 6.07) is 10.4. The van der Waals surface area contributed by atoms with E-state index in [1.54, 1.807) is 48.6 Å². The molecule has 2 amide bonds. The van der Waals surface area contributed by atoms with Crippen LogP contribution in [0.2, 0.25) is 20.1 Å². The first kappa shape index (κ1) is 25.7. The Kier molecular flexibility index (Phi) is 7.72. The van der Waals surface area contributed by atoms with Gasteiger partial charge in [0.1, 0.15) is 0 Å². The van der Waals surface area contributed by atoms with Crippen LogP contribution in [0.5, 0.6) is 0 Å². The van der Waals surface area contributed by atoms with Crippen LogP contribution in [-0.2, 0) is 9.59 Å². The number of piperazine rings is 1. The molecule has 0 aromatic heterocycles. The average molecular weight is 598 g/mol. The first-order valence-electron chi connectivity index (χ1n) is 10.7. The Bertz CT molecular complexity index is 1250. The van der Waals surface area contributed by atoms with Crippen LogP contribution in [0, 0.1) is 0 Å². The van der Waals surface area contributed by atoms with Crippen LogP contribution in [0.25, 0.3) is 12.2 Å². The predicted octanol–water partition coefficient (Wildman–Crippen LogP) is 6.56. The smallest absolute Gasteiger partial charge is 0.286 e. The van der Waals surface area contributed by atoms with Gasteiger partial charge in [-0.05, 0) is 59.9 Å². The van der Waals surface area contributed by atoms with Crippen molar-refractivity contribution >= 4 is 104 Å². The first-order chi connectivity index (χ1) is 17.3. The molecule has 36 heavy (non-hydrogen) atoms. The Morgan fingerprint density at radius 1 is 0.639 bits per heavy atom. The van der Waals surface area contributed by atoms with Gasteiger partial charge in [-0.2, -0.15) is 9.98 Å². The van der Waals surface area contributed by atoms with Gasteiger partial charge in [0.15, 0.2) is 10.3 Å². The minimum Gasteiger partial charge on any atom is -0.347 e. The quantitative estimate of drug-likeness (QED) is 0.365. The molecule has 0 aliphatic carbocycles. The number of thioether (sulfide) groups is 2. The number of halogens is 4. The molecular formula is C24H16Cl4N4O2S2. The molecule has 0 spiro atoms. The zero-order chi connectivity index (χ0) is 25.4. The number of amidine groups is 2. The topological polar surface area (TPSA) is 65.3 Å². The monoisotopic (exact) mass is 596 g/mol. The van der Waals surface area contributed by atoms with Crippen molar-refractivity contribution in [3.8, 4) is 0 Å². The Labute approximate surface area is 236 Å². The number of carbonyl (C=O) groups excluding carboxylic acids is 2. The van der Waals surface area contributed by atoms with Crippen LogP contribution in [-0.4, -0.2) is 58.1 Å². The second-order valence-corrected chi connectivity index (χ2v) is 11.5. The third kappa shape index (κ3) is 5.35. The summed E-state index contributed by atoms with van der Waals surface area (Å²) in [6.07, 6.45) is 3.36. The van der Waals surface area contributed by atoms with Crippen molar-refractivity contribution in [2.75, 3.05) is 26.2 Å². The van der Waals surface area contributed by atoms with Gasteiger partial charge in [-0.15, -0.1) is 0 Å². The molecule has 0 bridgehead atoms. The second-order valence-electron chi connectivity index (χ2n) is 7.87. The molecule has 0 N–H and O–H groups in total. The first-order valence-corrected chi connectivity index (χ1v) is 13.9. The van der Waals surface area contributed by atoms with E-state index in [4.69, 9.17) is 46.4 Å². The van der Waals surface area contributed by atoms with E-state index in [2.05, 4.69) is 19.8 Å². The van der Waals surface area contributed by atoms with Crippen molar-refractivity contribution in [1.82, 2.24) is 9.80 Å². The van der Waals surface area contributed by atoms with Gasteiger partial charge in [-0.25, -0.2) is 0 Å². The minimum atomic E-state index is -0.317. The fourth-order valence-electron chi connectivity index (χ4n) is 3.71. The zero-order valence-corrected chi connectivity index (χ0v) is 23.0. The van der Waals surface area contributed by atoms with Crippen LogP contribution in [0.4, 0.5) is 0 Å². The molecule has 0 saturated carbocycles. The standard InChI is InChI=1S/C24H16Cl4N4O2S2/c25-15-3-1-4-16(26)13(15)11-19-21(33)29-23(35-19)31-7-9-32(10-8-31)24-30-22(34)20(36-24)12-14-17(27)5-2-6-18(14)28/h1-6,11-12H,7-10H2/b19-11-,20-12-. The molecule has 5 rings (SSSR count). The summed E-state index contributed by atoms with van der Waals surface area (Å²) >= 11 is 27.6. The van der Waals surface area contributed by atoms with Crippen molar-refractivity contribution in [1.29, 1.82) is 0 Å². The highest BCUT2D eigenvalue weighted by Crippen LogP contribution is 2.36. The van der Waals surface area contributed by atoms with E-state index in [0.717, 1.165) is 0 Å². The maximum absolute atomic E-state index is 12.5. The minimum absolute atomic E-state index is 0.317. The maximum Gasteiger partial charge on any atom is 0.286 e. The van der Waals surface area contributed by atoms with Crippen LogP contribution in [0.1, 0.15) is 11.1 Å². The molecule has 0 atom stereocenters. The lowest BCUT2D eigenvalue weighted by Crippen LogP contribution is -2.49. The molecule has 3 aliphatic rings. The van der Waals surface area contributed by atoms with Crippen molar-refractivity contribution in [3.05, 3.63) is 77.4 Å². The van der Waals surface area contributed by atoms with Crippen LogP contribution >= 0.6 is 69.9 Å². The third-order valence-corrected chi connectivity index (χ3v) is 9.00. The third-order valence-electron chi connectivity index (χ3n) is 5.59. The van der Waals surface area contributed by atoms with E-state index >= 15 is 0 Å². The van der Waals surface area contributed by atoms with E-state index in [-0.39, 0.29) is 11.8 Å². The summed E-state index contributed by atoms with van der Waals surface area (Å²) in [5, 5.41) is 3.17. The molecular weight excluding hydrogens is 582 g/mol. The lowest BCUT2D eigenvalue weighted by molar-refractivity contribution is -0.114. The Morgan fingerprint density at radius 3 is 1.31 bits per heavy atom. The molecule has 2 aromatic carbocycles. The fourth-order valence-corrected chi connectivity index (χ4v) is 6.62. The van der Waals surface area contributed by atoms with Crippen molar-refractivity contribution in [2.45, 2.75) is 0 Å². The number of carbonyl (C=O) groups is 2. The van der Waals surface area contributed by atoms with Crippen molar-refractivity contribution in [3.63, 3.8) is 0 Å². The molecule has 12 heteroatoms. The zero-order valence-electron chi connectivity index (χ0n) is 18.4. The van der Waals surface area contributed by atoms with E-state index in [1.807, 2.05) is 0 Å². The lowest BCUT2D eigenvalue weighted by Gasteiger charge is -2.35. The van der Waals surface area contributed by atoms with E-state index in [0.29, 0.717) is 77.5 Å². The van der Waals surface area contributed by atoms with E-state index in [9.17, 15) is 9.59 Å².